The molecule has 1 saturated heterocycles. The Hall–Kier alpha value is -2.25. The highest BCUT2D eigenvalue weighted by atomic mass is 16.5. The zero-order valence-corrected chi connectivity index (χ0v) is 13.8. The van der Waals surface area contributed by atoms with Crippen LogP contribution in [0.5, 0.6) is 0 Å². The number of hydrogen-bond donors (Lipinski definition) is 1. The summed E-state index contributed by atoms with van der Waals surface area (Å²) in [4.78, 5) is 22.8. The molecule has 7 nitrogen and oxygen atoms in total. The van der Waals surface area contributed by atoms with Gasteiger partial charge in [-0.1, -0.05) is 0 Å². The van der Waals surface area contributed by atoms with E-state index >= 15 is 0 Å². The van der Waals surface area contributed by atoms with Crippen LogP contribution in [0.1, 0.15) is 28.7 Å². The summed E-state index contributed by atoms with van der Waals surface area (Å²) in [6.07, 6.45) is 7.14. The maximum atomic E-state index is 12.3. The number of rotatable bonds is 6. The van der Waals surface area contributed by atoms with Crippen molar-refractivity contribution in [1.82, 2.24) is 20.2 Å². The number of ether oxygens (including phenoxy) is 1. The van der Waals surface area contributed by atoms with Gasteiger partial charge in [0, 0.05) is 44.1 Å². The molecule has 0 unspecified atom stereocenters. The minimum Gasteiger partial charge on any atom is -0.467 e. The van der Waals surface area contributed by atoms with Gasteiger partial charge in [0.1, 0.15) is 12.0 Å². The van der Waals surface area contributed by atoms with Crippen LogP contribution in [-0.2, 0) is 17.7 Å². The average molecular weight is 330 g/mol. The quantitative estimate of drug-likeness (QED) is 0.859. The molecule has 1 amide bonds. The van der Waals surface area contributed by atoms with E-state index in [-0.39, 0.29) is 11.9 Å². The molecule has 0 saturated carbocycles. The summed E-state index contributed by atoms with van der Waals surface area (Å²) in [6, 6.07) is 1.77. The normalized spacial score (nSPS) is 16.7. The first-order valence-electron chi connectivity index (χ1n) is 8.14. The van der Waals surface area contributed by atoms with Gasteiger partial charge in [-0.3, -0.25) is 19.7 Å². The van der Waals surface area contributed by atoms with Crippen molar-refractivity contribution in [2.45, 2.75) is 25.9 Å². The lowest BCUT2D eigenvalue weighted by molar-refractivity contribution is 0.0313. The van der Waals surface area contributed by atoms with E-state index in [4.69, 9.17) is 9.15 Å². The molecule has 7 heteroatoms. The molecule has 3 rings (SSSR count). The van der Waals surface area contributed by atoms with Crippen LogP contribution < -0.4 is 5.32 Å². The number of amides is 1. The summed E-state index contributed by atoms with van der Waals surface area (Å²) in [5.41, 5.74) is 1.40. The van der Waals surface area contributed by atoms with Crippen molar-refractivity contribution in [1.29, 1.82) is 0 Å². The lowest BCUT2D eigenvalue weighted by Crippen LogP contribution is -2.35. The van der Waals surface area contributed by atoms with Crippen molar-refractivity contribution < 1.29 is 13.9 Å². The van der Waals surface area contributed by atoms with Gasteiger partial charge in [-0.25, -0.2) is 0 Å². The third-order valence-electron chi connectivity index (χ3n) is 3.91. The molecule has 1 aliphatic rings. The topological polar surface area (TPSA) is 80.5 Å². The Morgan fingerprint density at radius 2 is 2.21 bits per heavy atom. The van der Waals surface area contributed by atoms with E-state index in [0.29, 0.717) is 18.5 Å². The van der Waals surface area contributed by atoms with E-state index < -0.39 is 0 Å². The van der Waals surface area contributed by atoms with E-state index in [0.717, 1.165) is 37.8 Å². The lowest BCUT2D eigenvalue weighted by atomic mass is 10.1. The highest BCUT2D eigenvalue weighted by molar-refractivity contribution is 5.94. The van der Waals surface area contributed by atoms with Crippen LogP contribution in [0.4, 0.5) is 0 Å². The second-order valence-electron chi connectivity index (χ2n) is 5.97. The van der Waals surface area contributed by atoms with Crippen LogP contribution >= 0.6 is 0 Å². The Labute approximate surface area is 141 Å². The molecule has 2 aromatic heterocycles. The third-order valence-corrected chi connectivity index (χ3v) is 3.91. The summed E-state index contributed by atoms with van der Waals surface area (Å²) >= 11 is 0. The molecule has 2 aromatic rings. The first kappa shape index (κ1) is 16.6. The minimum absolute atomic E-state index is 0.0354. The largest absolute Gasteiger partial charge is 0.467 e. The van der Waals surface area contributed by atoms with Gasteiger partial charge in [0.2, 0.25) is 0 Å². The highest BCUT2D eigenvalue weighted by Gasteiger charge is 2.16. The second-order valence-corrected chi connectivity index (χ2v) is 5.97. The number of morpholine rings is 1. The summed E-state index contributed by atoms with van der Waals surface area (Å²) in [7, 11) is 0. The number of aromatic nitrogens is 2. The summed E-state index contributed by atoms with van der Waals surface area (Å²) in [5.74, 6) is 0.659. The highest BCUT2D eigenvalue weighted by Crippen LogP contribution is 2.12. The van der Waals surface area contributed by atoms with Crippen LogP contribution in [0.3, 0.4) is 0 Å². The summed E-state index contributed by atoms with van der Waals surface area (Å²) in [5, 5.41) is 2.96. The van der Waals surface area contributed by atoms with Crippen molar-refractivity contribution in [3.63, 3.8) is 0 Å². The molecule has 1 fully saturated rings. The van der Waals surface area contributed by atoms with Gasteiger partial charge in [0.25, 0.3) is 5.91 Å². The van der Waals surface area contributed by atoms with Crippen LogP contribution in [-0.4, -0.2) is 53.1 Å². The number of nitrogens with zero attached hydrogens (tertiary/aromatic N) is 3. The van der Waals surface area contributed by atoms with Crippen LogP contribution in [0, 0.1) is 0 Å². The maximum Gasteiger partial charge on any atom is 0.254 e. The minimum atomic E-state index is -0.136. The van der Waals surface area contributed by atoms with Gasteiger partial charge in [0.15, 0.2) is 0 Å². The van der Waals surface area contributed by atoms with E-state index in [1.165, 1.54) is 6.26 Å². The molecular formula is C17H22N4O3. The van der Waals surface area contributed by atoms with Crippen molar-refractivity contribution in [3.8, 4) is 0 Å². The predicted molar refractivity (Wildman–Crippen MR) is 87.5 cm³/mol. The summed E-state index contributed by atoms with van der Waals surface area (Å²) < 4.78 is 10.9. The Kier molecular flexibility index (Phi) is 5.55. The molecule has 24 heavy (non-hydrogen) atoms. The molecule has 3 heterocycles. The van der Waals surface area contributed by atoms with Gasteiger partial charge in [-0.15, -0.1) is 0 Å². The number of hydrogen-bond acceptors (Lipinski definition) is 6. The first-order chi connectivity index (χ1) is 11.7. The molecular weight excluding hydrogens is 308 g/mol. The predicted octanol–water partition coefficient (Wildman–Crippen LogP) is 1.26. The summed E-state index contributed by atoms with van der Waals surface area (Å²) in [6.45, 7) is 5.91. The fourth-order valence-electron chi connectivity index (χ4n) is 2.67. The Morgan fingerprint density at radius 1 is 1.38 bits per heavy atom. The maximum absolute atomic E-state index is 12.3. The average Bonchev–Trinajstić information content (AvgIpc) is 3.05. The van der Waals surface area contributed by atoms with E-state index in [1.807, 2.05) is 6.92 Å². The lowest BCUT2D eigenvalue weighted by Gasteiger charge is -2.25. The Morgan fingerprint density at radius 3 is 2.96 bits per heavy atom. The van der Waals surface area contributed by atoms with E-state index in [1.54, 1.807) is 24.7 Å². The number of furan rings is 1. The van der Waals surface area contributed by atoms with Gasteiger partial charge in [-0.2, -0.15) is 0 Å². The number of carbonyl (C=O) groups is 1. The molecule has 0 spiro atoms. The fourth-order valence-corrected chi connectivity index (χ4v) is 2.67. The van der Waals surface area contributed by atoms with Gasteiger partial charge < -0.3 is 14.5 Å². The number of carbonyl (C=O) groups excluding carboxylic acids is 1. The molecule has 1 aliphatic heterocycles. The molecule has 1 N–H and O–H groups in total. The molecule has 0 radical (unpaired) electrons. The van der Waals surface area contributed by atoms with Crippen LogP contribution in [0.15, 0.2) is 35.3 Å². The van der Waals surface area contributed by atoms with Gasteiger partial charge in [-0.05, 0) is 13.0 Å². The van der Waals surface area contributed by atoms with E-state index in [2.05, 4.69) is 20.2 Å². The van der Waals surface area contributed by atoms with Gasteiger partial charge >= 0.3 is 0 Å². The SMILES string of the molecule is C[C@@H](Cc1cnccn1)NC(=O)c1coc(CN2CCOCC2)c1. The standard InChI is InChI=1S/C17H22N4O3/c1-13(8-15-10-18-2-3-19-15)20-17(22)14-9-16(24-12-14)11-21-4-6-23-7-5-21/h2-3,9-10,12-13H,4-8,11H2,1H3,(H,20,22)/t13-/m0/s1. The number of nitrogens with one attached hydrogen (secondary N) is 1. The van der Waals surface area contributed by atoms with Crippen LogP contribution in [0.25, 0.3) is 0 Å². The zero-order valence-electron chi connectivity index (χ0n) is 13.8. The first-order valence-corrected chi connectivity index (χ1v) is 8.14. The smallest absolute Gasteiger partial charge is 0.254 e. The molecule has 0 aliphatic carbocycles. The monoisotopic (exact) mass is 330 g/mol. The Bertz CT molecular complexity index is 653. The van der Waals surface area contributed by atoms with Crippen LogP contribution in [0.2, 0.25) is 0 Å². The fraction of sp³-hybridized carbons (Fsp3) is 0.471. The molecule has 0 aromatic carbocycles. The van der Waals surface area contributed by atoms with Crippen molar-refractivity contribution in [2.75, 3.05) is 26.3 Å². The van der Waals surface area contributed by atoms with Crippen molar-refractivity contribution in [3.05, 3.63) is 47.9 Å². The molecule has 1 atom stereocenters. The Balaban J connectivity index is 1.51. The van der Waals surface area contributed by atoms with Gasteiger partial charge in [0.05, 0.1) is 31.0 Å². The molecule has 0 bridgehead atoms. The van der Waals surface area contributed by atoms with Crippen molar-refractivity contribution >= 4 is 5.91 Å². The van der Waals surface area contributed by atoms with Crippen molar-refractivity contribution in [2.24, 2.45) is 0 Å². The third kappa shape index (κ3) is 4.62. The molecule has 128 valence electrons. The second kappa shape index (κ2) is 8.03. The van der Waals surface area contributed by atoms with E-state index in [9.17, 15) is 4.79 Å². The zero-order chi connectivity index (χ0) is 16.8.